The fourth-order valence-corrected chi connectivity index (χ4v) is 3.75. The smallest absolute Gasteiger partial charge is 0.234 e. The average Bonchev–Trinajstić information content (AvgIpc) is 2.68. The number of hydrogen-bond donors (Lipinski definition) is 2. The fourth-order valence-electron chi connectivity index (χ4n) is 3.55. The molecule has 1 aliphatic rings. The van der Waals surface area contributed by atoms with Gasteiger partial charge in [0.25, 0.3) is 0 Å². The van der Waals surface area contributed by atoms with Crippen molar-refractivity contribution in [3.63, 3.8) is 0 Å². The molecule has 2 atom stereocenters. The molecule has 0 spiro atoms. The maximum atomic E-state index is 12.7. The summed E-state index contributed by atoms with van der Waals surface area (Å²) in [4.78, 5) is 14.9. The second-order valence-corrected chi connectivity index (χ2v) is 7.21. The van der Waals surface area contributed by atoms with Crippen molar-refractivity contribution in [3.8, 4) is 5.75 Å². The van der Waals surface area contributed by atoms with Crippen LogP contribution in [-0.2, 0) is 4.79 Å². The molecule has 2 aromatic rings. The van der Waals surface area contributed by atoms with Gasteiger partial charge in [-0.2, -0.15) is 0 Å². The van der Waals surface area contributed by atoms with E-state index in [9.17, 15) is 4.79 Å². The molecule has 0 bridgehead atoms. The highest BCUT2D eigenvalue weighted by molar-refractivity contribution is 6.30. The fraction of sp³-hybridized carbons (Fsp3) is 0.381. The van der Waals surface area contributed by atoms with E-state index in [1.807, 2.05) is 49.4 Å². The predicted molar refractivity (Wildman–Crippen MR) is 108 cm³/mol. The molecule has 144 valence electrons. The zero-order valence-corrected chi connectivity index (χ0v) is 16.5. The van der Waals surface area contributed by atoms with Crippen molar-refractivity contribution in [2.75, 3.05) is 33.3 Å². The van der Waals surface area contributed by atoms with Crippen molar-refractivity contribution < 1.29 is 9.53 Å². The molecular formula is C21H26ClN3O2. The molecule has 2 aromatic carbocycles. The standard InChI is InChI=1S/C21H26ClN3O2/c1-15(18-8-3-4-9-20(18)27-2)24-21(26)14-25-11-10-23-13-19(25)16-6-5-7-17(22)12-16/h3-9,12,15,19,23H,10-11,13-14H2,1-2H3,(H,24,26). The Balaban J connectivity index is 1.66. The van der Waals surface area contributed by atoms with Crippen LogP contribution in [0.15, 0.2) is 48.5 Å². The van der Waals surface area contributed by atoms with Crippen LogP contribution in [0.5, 0.6) is 5.75 Å². The van der Waals surface area contributed by atoms with Gasteiger partial charge in [0.1, 0.15) is 5.75 Å². The first-order valence-corrected chi connectivity index (χ1v) is 9.59. The monoisotopic (exact) mass is 387 g/mol. The number of ether oxygens (including phenoxy) is 1. The first kappa shape index (κ1) is 19.7. The topological polar surface area (TPSA) is 53.6 Å². The van der Waals surface area contributed by atoms with Gasteiger partial charge >= 0.3 is 0 Å². The number of amides is 1. The highest BCUT2D eigenvalue weighted by atomic mass is 35.5. The lowest BCUT2D eigenvalue weighted by atomic mass is 10.0. The number of benzene rings is 2. The number of piperazine rings is 1. The number of methoxy groups -OCH3 is 1. The first-order chi connectivity index (χ1) is 13.1. The second kappa shape index (κ2) is 9.22. The lowest BCUT2D eigenvalue weighted by Crippen LogP contribution is -2.49. The number of carbonyl (C=O) groups is 1. The first-order valence-electron chi connectivity index (χ1n) is 9.21. The minimum Gasteiger partial charge on any atom is -0.496 e. The van der Waals surface area contributed by atoms with Gasteiger partial charge in [-0.3, -0.25) is 9.69 Å². The van der Waals surface area contributed by atoms with Crippen LogP contribution in [0, 0.1) is 0 Å². The summed E-state index contributed by atoms with van der Waals surface area (Å²) in [6.45, 7) is 4.80. The molecule has 0 saturated carbocycles. The minimum atomic E-state index is -0.124. The van der Waals surface area contributed by atoms with E-state index in [1.165, 1.54) is 0 Å². The summed E-state index contributed by atoms with van der Waals surface area (Å²) in [6, 6.07) is 15.6. The molecule has 0 aliphatic carbocycles. The average molecular weight is 388 g/mol. The van der Waals surface area contributed by atoms with Crippen molar-refractivity contribution in [1.29, 1.82) is 0 Å². The molecule has 5 nitrogen and oxygen atoms in total. The summed E-state index contributed by atoms with van der Waals surface area (Å²) < 4.78 is 5.40. The van der Waals surface area contributed by atoms with E-state index in [4.69, 9.17) is 16.3 Å². The van der Waals surface area contributed by atoms with E-state index in [2.05, 4.69) is 21.6 Å². The van der Waals surface area contributed by atoms with Crippen LogP contribution >= 0.6 is 11.6 Å². The second-order valence-electron chi connectivity index (χ2n) is 6.78. The number of nitrogens with zero attached hydrogens (tertiary/aromatic N) is 1. The molecule has 1 heterocycles. The van der Waals surface area contributed by atoms with Crippen LogP contribution in [0.2, 0.25) is 5.02 Å². The van der Waals surface area contributed by atoms with Crippen molar-refractivity contribution in [1.82, 2.24) is 15.5 Å². The number of halogens is 1. The van der Waals surface area contributed by atoms with E-state index in [1.54, 1.807) is 7.11 Å². The number of para-hydroxylation sites is 1. The van der Waals surface area contributed by atoms with Gasteiger partial charge in [-0.15, -0.1) is 0 Å². The largest absolute Gasteiger partial charge is 0.496 e. The zero-order chi connectivity index (χ0) is 19.2. The lowest BCUT2D eigenvalue weighted by Gasteiger charge is -2.36. The Morgan fingerprint density at radius 2 is 2.15 bits per heavy atom. The minimum absolute atomic E-state index is 0.00216. The predicted octanol–water partition coefficient (Wildman–Crippen LogP) is 3.17. The van der Waals surface area contributed by atoms with Gasteiger partial charge in [0, 0.05) is 36.3 Å². The van der Waals surface area contributed by atoms with Gasteiger partial charge in [-0.25, -0.2) is 0 Å². The third-order valence-electron chi connectivity index (χ3n) is 4.92. The van der Waals surface area contributed by atoms with Crippen molar-refractivity contribution in [3.05, 3.63) is 64.7 Å². The summed E-state index contributed by atoms with van der Waals surface area (Å²) in [5, 5.41) is 7.21. The van der Waals surface area contributed by atoms with Gasteiger partial charge in [0.2, 0.25) is 5.91 Å². The van der Waals surface area contributed by atoms with Crippen LogP contribution in [-0.4, -0.2) is 44.1 Å². The summed E-state index contributed by atoms with van der Waals surface area (Å²) in [5.41, 5.74) is 2.10. The zero-order valence-electron chi connectivity index (χ0n) is 15.7. The SMILES string of the molecule is COc1ccccc1C(C)NC(=O)CN1CCNCC1c1cccc(Cl)c1. The molecule has 3 rings (SSSR count). The Bertz CT molecular complexity index is 784. The van der Waals surface area contributed by atoms with E-state index in [0.717, 1.165) is 36.5 Å². The number of carbonyl (C=O) groups excluding carboxylic acids is 1. The number of nitrogens with one attached hydrogen (secondary N) is 2. The maximum Gasteiger partial charge on any atom is 0.234 e. The third-order valence-corrected chi connectivity index (χ3v) is 5.15. The Morgan fingerprint density at radius 3 is 2.93 bits per heavy atom. The van der Waals surface area contributed by atoms with Gasteiger partial charge in [-0.1, -0.05) is 41.9 Å². The quantitative estimate of drug-likeness (QED) is 0.799. The Kier molecular flexibility index (Phi) is 6.72. The molecule has 27 heavy (non-hydrogen) atoms. The van der Waals surface area contributed by atoms with Crippen LogP contribution in [0.4, 0.5) is 0 Å². The molecule has 1 saturated heterocycles. The highest BCUT2D eigenvalue weighted by Crippen LogP contribution is 2.26. The summed E-state index contributed by atoms with van der Waals surface area (Å²) in [7, 11) is 1.64. The van der Waals surface area contributed by atoms with Crippen LogP contribution in [0.3, 0.4) is 0 Å². The van der Waals surface area contributed by atoms with Gasteiger partial charge in [0.05, 0.1) is 19.7 Å². The molecule has 0 radical (unpaired) electrons. The van der Waals surface area contributed by atoms with E-state index < -0.39 is 0 Å². The summed E-state index contributed by atoms with van der Waals surface area (Å²) >= 11 is 6.15. The van der Waals surface area contributed by atoms with Crippen LogP contribution < -0.4 is 15.4 Å². The van der Waals surface area contributed by atoms with Gasteiger partial charge in [-0.05, 0) is 30.7 Å². The van der Waals surface area contributed by atoms with Crippen molar-refractivity contribution in [2.45, 2.75) is 19.0 Å². The molecular weight excluding hydrogens is 362 g/mol. The number of hydrogen-bond acceptors (Lipinski definition) is 4. The third kappa shape index (κ3) is 5.01. The molecule has 2 unspecified atom stereocenters. The van der Waals surface area contributed by atoms with E-state index in [0.29, 0.717) is 11.6 Å². The number of rotatable bonds is 6. The van der Waals surface area contributed by atoms with Crippen LogP contribution in [0.1, 0.15) is 30.1 Å². The lowest BCUT2D eigenvalue weighted by molar-refractivity contribution is -0.123. The molecule has 1 aliphatic heterocycles. The molecule has 2 N–H and O–H groups in total. The summed E-state index contributed by atoms with van der Waals surface area (Å²) in [5.74, 6) is 0.784. The highest BCUT2D eigenvalue weighted by Gasteiger charge is 2.26. The van der Waals surface area contributed by atoms with Gasteiger partial charge < -0.3 is 15.4 Å². The molecule has 1 fully saturated rings. The molecule has 0 aromatic heterocycles. The molecule has 6 heteroatoms. The Hall–Kier alpha value is -2.08. The maximum absolute atomic E-state index is 12.7. The van der Waals surface area contributed by atoms with Crippen molar-refractivity contribution >= 4 is 17.5 Å². The summed E-state index contributed by atoms with van der Waals surface area (Å²) in [6.07, 6.45) is 0. The van der Waals surface area contributed by atoms with Crippen molar-refractivity contribution in [2.24, 2.45) is 0 Å². The molecule has 1 amide bonds. The van der Waals surface area contributed by atoms with Gasteiger partial charge in [0.15, 0.2) is 0 Å². The Labute approximate surface area is 165 Å². The van der Waals surface area contributed by atoms with Crippen LogP contribution in [0.25, 0.3) is 0 Å². The normalized spacial score (nSPS) is 18.7. The van der Waals surface area contributed by atoms with E-state index in [-0.39, 0.29) is 18.0 Å². The Morgan fingerprint density at radius 1 is 1.33 bits per heavy atom. The van der Waals surface area contributed by atoms with E-state index >= 15 is 0 Å².